The van der Waals surface area contributed by atoms with E-state index in [2.05, 4.69) is 29.3 Å². The summed E-state index contributed by atoms with van der Waals surface area (Å²) in [5.74, 6) is 0.899. The zero-order valence-electron chi connectivity index (χ0n) is 17.9. The molecule has 7 nitrogen and oxygen atoms in total. The fraction of sp³-hybridized carbons (Fsp3) is 0.391. The second-order valence-electron chi connectivity index (χ2n) is 7.68. The molecule has 158 valence electrons. The van der Waals surface area contributed by atoms with Crippen LogP contribution in [0.25, 0.3) is 11.4 Å². The zero-order chi connectivity index (χ0) is 21.7. The first-order valence-corrected chi connectivity index (χ1v) is 10.3. The van der Waals surface area contributed by atoms with Crippen molar-refractivity contribution >= 4 is 11.6 Å². The van der Waals surface area contributed by atoms with Crippen LogP contribution < -0.4 is 10.9 Å². The summed E-state index contributed by atoms with van der Waals surface area (Å²) in [7, 11) is 0. The maximum atomic E-state index is 12.7. The van der Waals surface area contributed by atoms with Crippen molar-refractivity contribution < 1.29 is 9.32 Å². The van der Waals surface area contributed by atoms with Crippen LogP contribution in [-0.2, 0) is 17.8 Å². The van der Waals surface area contributed by atoms with Crippen LogP contribution in [0, 0.1) is 6.92 Å². The van der Waals surface area contributed by atoms with E-state index in [0.717, 1.165) is 17.8 Å². The van der Waals surface area contributed by atoms with Gasteiger partial charge in [0.15, 0.2) is 0 Å². The third-order valence-electron chi connectivity index (χ3n) is 4.98. The number of rotatable bonds is 8. The predicted molar refractivity (Wildman–Crippen MR) is 117 cm³/mol. The van der Waals surface area contributed by atoms with Crippen LogP contribution in [0.1, 0.15) is 56.7 Å². The molecule has 0 unspecified atom stereocenters. The van der Waals surface area contributed by atoms with E-state index in [1.54, 1.807) is 10.6 Å². The van der Waals surface area contributed by atoms with Crippen LogP contribution in [0.15, 0.2) is 45.7 Å². The molecule has 1 amide bonds. The summed E-state index contributed by atoms with van der Waals surface area (Å²) in [4.78, 5) is 29.2. The number of pyridine rings is 1. The van der Waals surface area contributed by atoms with Gasteiger partial charge in [0.05, 0.1) is 5.56 Å². The lowest BCUT2D eigenvalue weighted by Crippen LogP contribution is -2.23. The number of carbonyl (C=O) groups is 1. The van der Waals surface area contributed by atoms with E-state index in [1.165, 1.54) is 5.56 Å². The Kier molecular flexibility index (Phi) is 6.82. The smallest absolute Gasteiger partial charge is 0.261 e. The molecule has 7 heteroatoms. The molecule has 0 bridgehead atoms. The van der Waals surface area contributed by atoms with E-state index < -0.39 is 0 Å². The summed E-state index contributed by atoms with van der Waals surface area (Å²) in [6.07, 6.45) is 1.37. The molecule has 2 aromatic heterocycles. The number of hydrogen-bond donors (Lipinski definition) is 1. The first kappa shape index (κ1) is 21.5. The number of aromatic nitrogens is 3. The molecule has 0 aliphatic carbocycles. The summed E-state index contributed by atoms with van der Waals surface area (Å²) in [6, 6.07) is 11.4. The quantitative estimate of drug-likeness (QED) is 0.600. The van der Waals surface area contributed by atoms with Gasteiger partial charge in [-0.15, -0.1) is 0 Å². The Balaban J connectivity index is 1.63. The molecule has 3 aromatic rings. The Labute approximate surface area is 176 Å². The first-order valence-electron chi connectivity index (χ1n) is 10.3. The van der Waals surface area contributed by atoms with Crippen molar-refractivity contribution in [2.45, 2.75) is 59.4 Å². The van der Waals surface area contributed by atoms with Gasteiger partial charge in [-0.2, -0.15) is 4.98 Å². The lowest BCUT2D eigenvalue weighted by Gasteiger charge is -2.09. The molecule has 2 heterocycles. The van der Waals surface area contributed by atoms with E-state index in [0.29, 0.717) is 30.3 Å². The Morgan fingerprint density at radius 1 is 1.17 bits per heavy atom. The fourth-order valence-corrected chi connectivity index (χ4v) is 3.20. The van der Waals surface area contributed by atoms with Crippen LogP contribution in [0.5, 0.6) is 0 Å². The lowest BCUT2D eigenvalue weighted by atomic mass is 10.0. The third kappa shape index (κ3) is 5.03. The molecule has 1 aromatic carbocycles. The minimum Gasteiger partial charge on any atom is -0.339 e. The number of aryl methyl sites for hydroxylation is 2. The number of carbonyl (C=O) groups excluding carboxylic acids is 1. The maximum absolute atomic E-state index is 12.7. The van der Waals surface area contributed by atoms with Gasteiger partial charge in [0.2, 0.25) is 17.6 Å². The van der Waals surface area contributed by atoms with Crippen molar-refractivity contribution in [1.29, 1.82) is 0 Å². The zero-order valence-corrected chi connectivity index (χ0v) is 17.9. The SMILES string of the molecule is CCCn1c(C)ccc(-c2noc(CCC(=O)Nc3ccc(C(C)C)cc3)n2)c1=O. The highest BCUT2D eigenvalue weighted by atomic mass is 16.5. The molecule has 0 atom stereocenters. The van der Waals surface area contributed by atoms with Gasteiger partial charge in [-0.05, 0) is 49.1 Å². The number of nitrogens with zero attached hydrogens (tertiary/aromatic N) is 3. The highest BCUT2D eigenvalue weighted by Crippen LogP contribution is 2.18. The molecule has 1 N–H and O–H groups in total. The first-order chi connectivity index (χ1) is 14.4. The normalized spacial score (nSPS) is 11.1. The van der Waals surface area contributed by atoms with Crippen LogP contribution in [-0.4, -0.2) is 20.6 Å². The van der Waals surface area contributed by atoms with Crippen molar-refractivity contribution in [3.8, 4) is 11.4 Å². The topological polar surface area (TPSA) is 90.0 Å². The molecular weight excluding hydrogens is 380 g/mol. The maximum Gasteiger partial charge on any atom is 0.261 e. The molecular formula is C23H28N4O3. The van der Waals surface area contributed by atoms with E-state index >= 15 is 0 Å². The molecule has 30 heavy (non-hydrogen) atoms. The Morgan fingerprint density at radius 2 is 1.90 bits per heavy atom. The summed E-state index contributed by atoms with van der Waals surface area (Å²) in [5, 5.41) is 6.81. The van der Waals surface area contributed by atoms with E-state index in [9.17, 15) is 9.59 Å². The van der Waals surface area contributed by atoms with Gasteiger partial charge < -0.3 is 14.4 Å². The highest BCUT2D eigenvalue weighted by Gasteiger charge is 2.15. The predicted octanol–water partition coefficient (Wildman–Crippen LogP) is 4.31. The van der Waals surface area contributed by atoms with Crippen molar-refractivity contribution in [3.05, 3.63) is 63.9 Å². The largest absolute Gasteiger partial charge is 0.339 e. The summed E-state index contributed by atoms with van der Waals surface area (Å²) >= 11 is 0. The van der Waals surface area contributed by atoms with Crippen LogP contribution in [0.4, 0.5) is 5.69 Å². The van der Waals surface area contributed by atoms with E-state index in [4.69, 9.17) is 4.52 Å². The molecule has 0 saturated carbocycles. The summed E-state index contributed by atoms with van der Waals surface area (Å²) < 4.78 is 6.97. The molecule has 0 spiro atoms. The van der Waals surface area contributed by atoms with Gasteiger partial charge >= 0.3 is 0 Å². The minimum atomic E-state index is -0.133. The Morgan fingerprint density at radius 3 is 2.57 bits per heavy atom. The van der Waals surface area contributed by atoms with Crippen LogP contribution in [0.2, 0.25) is 0 Å². The van der Waals surface area contributed by atoms with E-state index in [-0.39, 0.29) is 23.7 Å². The highest BCUT2D eigenvalue weighted by molar-refractivity contribution is 5.90. The molecule has 3 rings (SSSR count). The van der Waals surface area contributed by atoms with E-state index in [1.807, 2.05) is 44.2 Å². The van der Waals surface area contributed by atoms with Crippen LogP contribution >= 0.6 is 0 Å². The third-order valence-corrected chi connectivity index (χ3v) is 4.98. The number of amides is 1. The summed E-state index contributed by atoms with van der Waals surface area (Å²) in [6.45, 7) is 8.82. The Bertz CT molecular complexity index is 1060. The van der Waals surface area contributed by atoms with Crippen molar-refractivity contribution in [1.82, 2.24) is 14.7 Å². The number of anilines is 1. The molecule has 0 saturated heterocycles. The average molecular weight is 409 g/mol. The van der Waals surface area contributed by atoms with Gasteiger partial charge in [0.1, 0.15) is 0 Å². The number of nitrogens with one attached hydrogen (secondary N) is 1. The fourth-order valence-electron chi connectivity index (χ4n) is 3.20. The van der Waals surface area contributed by atoms with Crippen molar-refractivity contribution in [2.75, 3.05) is 5.32 Å². The van der Waals surface area contributed by atoms with Gasteiger partial charge in [-0.1, -0.05) is 38.1 Å². The second kappa shape index (κ2) is 9.52. The standard InChI is InChI=1S/C23H28N4O3/c1-5-14-27-16(4)6-11-19(23(27)29)22-25-21(30-26-22)13-12-20(28)24-18-9-7-17(8-10-18)15(2)3/h6-11,15H,5,12-14H2,1-4H3,(H,24,28). The molecule has 0 aliphatic rings. The number of benzene rings is 1. The van der Waals surface area contributed by atoms with Gasteiger partial charge in [0, 0.05) is 30.8 Å². The van der Waals surface area contributed by atoms with Gasteiger partial charge in [-0.25, -0.2) is 0 Å². The average Bonchev–Trinajstić information content (AvgIpc) is 3.19. The lowest BCUT2D eigenvalue weighted by molar-refractivity contribution is -0.116. The molecule has 0 fully saturated rings. The minimum absolute atomic E-state index is 0.132. The van der Waals surface area contributed by atoms with Crippen molar-refractivity contribution in [2.24, 2.45) is 0 Å². The monoisotopic (exact) mass is 408 g/mol. The Hall–Kier alpha value is -3.22. The number of hydrogen-bond acceptors (Lipinski definition) is 5. The van der Waals surface area contributed by atoms with Gasteiger partial charge in [-0.3, -0.25) is 9.59 Å². The molecule has 0 aliphatic heterocycles. The summed E-state index contributed by atoms with van der Waals surface area (Å²) in [5.41, 5.74) is 3.14. The van der Waals surface area contributed by atoms with Crippen molar-refractivity contribution in [3.63, 3.8) is 0 Å². The van der Waals surface area contributed by atoms with Crippen LogP contribution in [0.3, 0.4) is 0 Å². The second-order valence-corrected chi connectivity index (χ2v) is 7.68. The molecule has 0 radical (unpaired) electrons. The van der Waals surface area contributed by atoms with Gasteiger partial charge in [0.25, 0.3) is 5.56 Å².